The third kappa shape index (κ3) is 2.14. The summed E-state index contributed by atoms with van der Waals surface area (Å²) in [6.45, 7) is 1.41. The van der Waals surface area contributed by atoms with Gasteiger partial charge in [0.15, 0.2) is 5.78 Å². The van der Waals surface area contributed by atoms with Gasteiger partial charge in [-0.05, 0) is 12.1 Å². The second-order valence-corrected chi connectivity index (χ2v) is 2.58. The van der Waals surface area contributed by atoms with E-state index in [4.69, 9.17) is 11.0 Å². The van der Waals surface area contributed by atoms with Gasteiger partial charge < -0.3 is 5.73 Å². The molecule has 0 aliphatic carbocycles. The Labute approximate surface area is 80.9 Å². The maximum absolute atomic E-state index is 11.0. The molecule has 1 heterocycles. The van der Waals surface area contributed by atoms with Crippen molar-refractivity contribution in [2.75, 3.05) is 0 Å². The van der Waals surface area contributed by atoms with Gasteiger partial charge in [0, 0.05) is 18.7 Å². The van der Waals surface area contributed by atoms with Crippen molar-refractivity contribution in [1.29, 1.82) is 5.26 Å². The van der Waals surface area contributed by atoms with Crippen LogP contribution in [-0.4, -0.2) is 16.6 Å². The highest BCUT2D eigenvalue weighted by atomic mass is 16.1. The minimum atomic E-state index is -0.156. The number of amidine groups is 1. The van der Waals surface area contributed by atoms with Gasteiger partial charge in [0.05, 0.1) is 0 Å². The van der Waals surface area contributed by atoms with Crippen LogP contribution in [0.15, 0.2) is 23.3 Å². The monoisotopic (exact) mass is 188 g/mol. The van der Waals surface area contributed by atoms with Crippen LogP contribution < -0.4 is 5.73 Å². The maximum Gasteiger partial charge on any atom is 0.207 e. The van der Waals surface area contributed by atoms with Crippen LogP contribution in [0, 0.1) is 11.5 Å². The molecular formula is C9H8N4O. The van der Waals surface area contributed by atoms with E-state index in [9.17, 15) is 4.79 Å². The zero-order valence-electron chi connectivity index (χ0n) is 7.56. The fraction of sp³-hybridized carbons (Fsp3) is 0.111. The van der Waals surface area contributed by atoms with Crippen LogP contribution in [0.25, 0.3) is 0 Å². The van der Waals surface area contributed by atoms with Gasteiger partial charge >= 0.3 is 0 Å². The summed E-state index contributed by atoms with van der Waals surface area (Å²) >= 11 is 0. The number of nitrogens with zero attached hydrogens (tertiary/aromatic N) is 3. The van der Waals surface area contributed by atoms with Crippen LogP contribution in [0.1, 0.15) is 23.0 Å². The van der Waals surface area contributed by atoms with Gasteiger partial charge in [0.2, 0.25) is 6.19 Å². The lowest BCUT2D eigenvalue weighted by atomic mass is 10.2. The Kier molecular flexibility index (Phi) is 2.92. The van der Waals surface area contributed by atoms with E-state index in [1.54, 1.807) is 12.3 Å². The fourth-order valence-electron chi connectivity index (χ4n) is 0.901. The summed E-state index contributed by atoms with van der Waals surface area (Å²) in [7, 11) is 0. The Hall–Kier alpha value is -2.22. The molecular weight excluding hydrogens is 180 g/mol. The molecule has 0 radical (unpaired) electrons. The lowest BCUT2D eigenvalue weighted by molar-refractivity contribution is 0.101. The topological polar surface area (TPSA) is 92.1 Å². The molecule has 0 unspecified atom stereocenters. The van der Waals surface area contributed by atoms with Crippen LogP contribution in [0.2, 0.25) is 0 Å². The summed E-state index contributed by atoms with van der Waals surface area (Å²) < 4.78 is 0. The third-order valence-corrected chi connectivity index (χ3v) is 1.59. The van der Waals surface area contributed by atoms with Crippen molar-refractivity contribution in [3.8, 4) is 6.19 Å². The standard InChI is InChI=1S/C9H8N4O/c1-6(14)8-4-7(2-3-12-8)9(11)13-5-10/h2-4H,1H3,(H2,11,13). The molecule has 1 aromatic rings. The average Bonchev–Trinajstić information content (AvgIpc) is 2.18. The first-order valence-corrected chi connectivity index (χ1v) is 3.84. The molecule has 0 amide bonds. The van der Waals surface area contributed by atoms with E-state index in [1.165, 1.54) is 19.2 Å². The first-order valence-electron chi connectivity index (χ1n) is 3.84. The Balaban J connectivity index is 3.13. The molecule has 0 atom stereocenters. The van der Waals surface area contributed by atoms with E-state index in [1.807, 2.05) is 0 Å². The predicted molar refractivity (Wildman–Crippen MR) is 50.6 cm³/mol. The summed E-state index contributed by atoms with van der Waals surface area (Å²) in [5, 5.41) is 8.28. The quantitative estimate of drug-likeness (QED) is 0.316. The number of aromatic nitrogens is 1. The minimum absolute atomic E-state index is 0.0809. The van der Waals surface area contributed by atoms with E-state index in [2.05, 4.69) is 9.98 Å². The summed E-state index contributed by atoms with van der Waals surface area (Å²) in [4.78, 5) is 18.2. The van der Waals surface area contributed by atoms with Gasteiger partial charge in [-0.1, -0.05) is 0 Å². The molecule has 0 saturated carbocycles. The molecule has 0 spiro atoms. The second-order valence-electron chi connectivity index (χ2n) is 2.58. The molecule has 1 rings (SSSR count). The highest BCUT2D eigenvalue weighted by Crippen LogP contribution is 2.02. The van der Waals surface area contributed by atoms with E-state index in [-0.39, 0.29) is 11.6 Å². The average molecular weight is 188 g/mol. The number of nitrogens with two attached hydrogens (primary N) is 1. The molecule has 0 saturated heterocycles. The normalized spacial score (nSPS) is 10.7. The SMILES string of the molecule is CC(=O)c1cc(C(N)=NC#N)ccn1. The Morgan fingerprint density at radius 1 is 1.71 bits per heavy atom. The number of pyridine rings is 1. The number of hydrogen-bond acceptors (Lipinski definition) is 4. The van der Waals surface area contributed by atoms with Crippen molar-refractivity contribution in [2.24, 2.45) is 10.7 Å². The molecule has 70 valence electrons. The third-order valence-electron chi connectivity index (χ3n) is 1.59. The van der Waals surface area contributed by atoms with Crippen molar-refractivity contribution in [3.63, 3.8) is 0 Å². The Bertz CT molecular complexity index is 431. The van der Waals surface area contributed by atoms with E-state index in [0.717, 1.165) is 0 Å². The largest absolute Gasteiger partial charge is 0.383 e. The van der Waals surface area contributed by atoms with Gasteiger partial charge in [-0.2, -0.15) is 10.3 Å². The van der Waals surface area contributed by atoms with Gasteiger partial charge in [0.1, 0.15) is 11.5 Å². The maximum atomic E-state index is 11.0. The van der Waals surface area contributed by atoms with Crippen LogP contribution >= 0.6 is 0 Å². The molecule has 5 nitrogen and oxygen atoms in total. The van der Waals surface area contributed by atoms with E-state index < -0.39 is 0 Å². The molecule has 0 aromatic carbocycles. The minimum Gasteiger partial charge on any atom is -0.383 e. The van der Waals surface area contributed by atoms with Crippen LogP contribution in [-0.2, 0) is 0 Å². The summed E-state index contributed by atoms with van der Waals surface area (Å²) in [5.41, 5.74) is 6.29. The lowest BCUT2D eigenvalue weighted by Gasteiger charge is -1.99. The zero-order valence-corrected chi connectivity index (χ0v) is 7.56. The van der Waals surface area contributed by atoms with Crippen LogP contribution in [0.5, 0.6) is 0 Å². The molecule has 0 bridgehead atoms. The lowest BCUT2D eigenvalue weighted by Crippen LogP contribution is -2.13. The number of Topliss-reactive ketones (excluding diaryl/α,β-unsaturated/α-hetero) is 1. The molecule has 0 fully saturated rings. The number of rotatable bonds is 2. The smallest absolute Gasteiger partial charge is 0.207 e. The number of carbonyl (C=O) groups is 1. The second kappa shape index (κ2) is 4.14. The highest BCUT2D eigenvalue weighted by Gasteiger charge is 2.04. The first-order chi connectivity index (χ1) is 6.65. The van der Waals surface area contributed by atoms with Crippen LogP contribution in [0.4, 0.5) is 0 Å². The fourth-order valence-corrected chi connectivity index (χ4v) is 0.901. The van der Waals surface area contributed by atoms with E-state index >= 15 is 0 Å². The zero-order chi connectivity index (χ0) is 10.6. The molecule has 2 N–H and O–H groups in total. The van der Waals surface area contributed by atoms with Crippen LogP contribution in [0.3, 0.4) is 0 Å². The number of aliphatic imine (C=N–C) groups is 1. The van der Waals surface area contributed by atoms with Gasteiger partial charge in [-0.25, -0.2) is 0 Å². The molecule has 0 aliphatic heterocycles. The predicted octanol–water partition coefficient (Wildman–Crippen LogP) is 0.471. The van der Waals surface area contributed by atoms with E-state index in [0.29, 0.717) is 11.3 Å². The molecule has 0 aliphatic rings. The molecule has 14 heavy (non-hydrogen) atoms. The molecule has 5 heteroatoms. The highest BCUT2D eigenvalue weighted by molar-refractivity contribution is 6.00. The number of ketones is 1. The van der Waals surface area contributed by atoms with Crippen molar-refractivity contribution < 1.29 is 4.79 Å². The summed E-state index contributed by atoms with van der Waals surface area (Å²) in [5.74, 6) is -0.0750. The van der Waals surface area contributed by atoms with Gasteiger partial charge in [-0.15, -0.1) is 0 Å². The van der Waals surface area contributed by atoms with Gasteiger partial charge in [-0.3, -0.25) is 9.78 Å². The summed E-state index contributed by atoms with van der Waals surface area (Å²) in [6.07, 6.45) is 3.02. The first kappa shape index (κ1) is 9.86. The van der Waals surface area contributed by atoms with Crippen molar-refractivity contribution in [3.05, 3.63) is 29.6 Å². The Morgan fingerprint density at radius 3 is 3.00 bits per heavy atom. The Morgan fingerprint density at radius 2 is 2.43 bits per heavy atom. The van der Waals surface area contributed by atoms with Crippen molar-refractivity contribution in [1.82, 2.24) is 4.98 Å². The van der Waals surface area contributed by atoms with Crippen molar-refractivity contribution in [2.45, 2.75) is 6.92 Å². The number of carbonyl (C=O) groups excluding carboxylic acids is 1. The summed E-state index contributed by atoms with van der Waals surface area (Å²) in [6, 6.07) is 3.08. The van der Waals surface area contributed by atoms with Crippen molar-refractivity contribution >= 4 is 11.6 Å². The molecule has 1 aromatic heterocycles. The number of hydrogen-bond donors (Lipinski definition) is 1. The van der Waals surface area contributed by atoms with Gasteiger partial charge in [0.25, 0.3) is 0 Å². The number of nitriles is 1.